The first-order valence-corrected chi connectivity index (χ1v) is 11.1. The quantitative estimate of drug-likeness (QED) is 0.145. The maximum absolute atomic E-state index is 11.5. The largest absolute Gasteiger partial charge is 0.457 e. The average molecular weight is 478 g/mol. The van der Waals surface area contributed by atoms with Crippen LogP contribution in [-0.4, -0.2) is 11.9 Å². The molecule has 0 amide bonds. The molecular weight excluding hydrogens is 454 g/mol. The Morgan fingerprint density at radius 3 is 1.28 bits per heavy atom. The zero-order valence-electron chi connectivity index (χ0n) is 19.4. The molecule has 4 rings (SSSR count). The lowest BCUT2D eigenvalue weighted by atomic mass is 10.2. The summed E-state index contributed by atoms with van der Waals surface area (Å²) < 4.78 is 16.3. The minimum absolute atomic E-state index is 0.405. The SMILES string of the molecule is C=CC(=O)Oc1ccc(N(c2ccc(OC(=O)C=C)cc2)c2ccc(Oc3ccccc3)cc2)cc1. The van der Waals surface area contributed by atoms with Crippen molar-refractivity contribution in [2.75, 3.05) is 4.90 Å². The van der Waals surface area contributed by atoms with Crippen molar-refractivity contribution in [3.05, 3.63) is 128 Å². The van der Waals surface area contributed by atoms with E-state index >= 15 is 0 Å². The highest BCUT2D eigenvalue weighted by Gasteiger charge is 2.14. The van der Waals surface area contributed by atoms with Crippen LogP contribution in [0.3, 0.4) is 0 Å². The number of carbonyl (C=O) groups is 2. The van der Waals surface area contributed by atoms with E-state index in [0.29, 0.717) is 17.2 Å². The summed E-state index contributed by atoms with van der Waals surface area (Å²) in [6.07, 6.45) is 2.22. The number of hydrogen-bond donors (Lipinski definition) is 0. The van der Waals surface area contributed by atoms with Gasteiger partial charge in [-0.25, -0.2) is 9.59 Å². The molecule has 6 heteroatoms. The predicted molar refractivity (Wildman–Crippen MR) is 139 cm³/mol. The molecule has 0 fully saturated rings. The van der Waals surface area contributed by atoms with Gasteiger partial charge in [0, 0.05) is 29.2 Å². The monoisotopic (exact) mass is 477 g/mol. The van der Waals surface area contributed by atoms with Crippen LogP contribution in [0.2, 0.25) is 0 Å². The summed E-state index contributed by atoms with van der Waals surface area (Å²) in [6, 6.07) is 31.4. The van der Waals surface area contributed by atoms with Crippen LogP contribution in [-0.2, 0) is 9.59 Å². The van der Waals surface area contributed by atoms with E-state index < -0.39 is 11.9 Å². The smallest absolute Gasteiger partial charge is 0.335 e. The Kier molecular flexibility index (Phi) is 7.58. The molecule has 0 atom stereocenters. The standard InChI is InChI=1S/C30H23NO5/c1-3-29(32)35-27-18-12-23(13-19-27)31(24-14-20-28(21-15-24)36-30(33)4-2)22-10-16-26(17-11-22)34-25-8-6-5-7-9-25/h3-21H,1-2H2. The third kappa shape index (κ3) is 6.07. The molecule has 0 saturated heterocycles. The maximum atomic E-state index is 11.5. The fraction of sp³-hybridized carbons (Fsp3) is 0. The van der Waals surface area contributed by atoms with Crippen molar-refractivity contribution in [2.24, 2.45) is 0 Å². The zero-order valence-corrected chi connectivity index (χ0v) is 19.4. The summed E-state index contributed by atoms with van der Waals surface area (Å²) in [5.41, 5.74) is 2.50. The summed E-state index contributed by atoms with van der Waals surface area (Å²) >= 11 is 0. The van der Waals surface area contributed by atoms with Gasteiger partial charge in [0.25, 0.3) is 0 Å². The summed E-state index contributed by atoms with van der Waals surface area (Å²) in [5.74, 6) is 1.19. The van der Waals surface area contributed by atoms with Gasteiger partial charge >= 0.3 is 11.9 Å². The fourth-order valence-corrected chi connectivity index (χ4v) is 3.38. The minimum atomic E-state index is -0.529. The van der Waals surface area contributed by atoms with E-state index in [1.165, 1.54) is 0 Å². The Hall–Kier alpha value is -5.10. The van der Waals surface area contributed by atoms with Crippen LogP contribution < -0.4 is 19.1 Å². The second kappa shape index (κ2) is 11.4. The highest BCUT2D eigenvalue weighted by Crippen LogP contribution is 2.37. The molecule has 178 valence electrons. The van der Waals surface area contributed by atoms with Crippen LogP contribution in [0.5, 0.6) is 23.0 Å². The molecule has 4 aromatic carbocycles. The van der Waals surface area contributed by atoms with Crippen molar-refractivity contribution >= 4 is 29.0 Å². The average Bonchev–Trinajstić information content (AvgIpc) is 2.92. The van der Waals surface area contributed by atoms with Crippen molar-refractivity contribution in [1.29, 1.82) is 0 Å². The highest BCUT2D eigenvalue weighted by atomic mass is 16.5. The Balaban J connectivity index is 1.65. The van der Waals surface area contributed by atoms with Crippen molar-refractivity contribution in [2.45, 2.75) is 0 Å². The minimum Gasteiger partial charge on any atom is -0.457 e. The molecule has 6 nitrogen and oxygen atoms in total. The lowest BCUT2D eigenvalue weighted by molar-refractivity contribution is -0.129. The van der Waals surface area contributed by atoms with Crippen LogP contribution in [0.1, 0.15) is 0 Å². The number of ether oxygens (including phenoxy) is 3. The normalized spacial score (nSPS) is 10.1. The number of esters is 2. The number of carbonyl (C=O) groups excluding carboxylic acids is 2. The van der Waals surface area contributed by atoms with E-state index in [0.717, 1.165) is 35.0 Å². The van der Waals surface area contributed by atoms with Crippen LogP contribution in [0.15, 0.2) is 128 Å². The number of para-hydroxylation sites is 1. The topological polar surface area (TPSA) is 65.1 Å². The summed E-state index contributed by atoms with van der Waals surface area (Å²) in [7, 11) is 0. The van der Waals surface area contributed by atoms with Gasteiger partial charge in [-0.3, -0.25) is 0 Å². The number of hydrogen-bond acceptors (Lipinski definition) is 6. The van der Waals surface area contributed by atoms with Gasteiger partial charge in [0.1, 0.15) is 23.0 Å². The third-order valence-corrected chi connectivity index (χ3v) is 5.03. The molecule has 0 heterocycles. The van der Waals surface area contributed by atoms with E-state index in [1.54, 1.807) is 24.3 Å². The van der Waals surface area contributed by atoms with Crippen LogP contribution in [0.25, 0.3) is 0 Å². The predicted octanol–water partition coefficient (Wildman–Crippen LogP) is 7.13. The van der Waals surface area contributed by atoms with Crippen molar-refractivity contribution in [3.63, 3.8) is 0 Å². The molecule has 0 radical (unpaired) electrons. The van der Waals surface area contributed by atoms with Crippen LogP contribution in [0.4, 0.5) is 17.1 Å². The molecular formula is C30H23NO5. The second-order valence-electron chi connectivity index (χ2n) is 7.48. The molecule has 0 bridgehead atoms. The summed E-state index contributed by atoms with van der Waals surface area (Å²) in [4.78, 5) is 25.1. The molecule has 4 aromatic rings. The molecule has 0 spiro atoms. The van der Waals surface area contributed by atoms with Gasteiger partial charge in [0.2, 0.25) is 0 Å². The Morgan fingerprint density at radius 1 is 0.528 bits per heavy atom. The lowest BCUT2D eigenvalue weighted by Gasteiger charge is -2.26. The molecule has 0 aromatic heterocycles. The van der Waals surface area contributed by atoms with Gasteiger partial charge in [0.05, 0.1) is 0 Å². The Morgan fingerprint density at radius 2 is 0.889 bits per heavy atom. The first-order chi connectivity index (χ1) is 17.6. The number of benzene rings is 4. The highest BCUT2D eigenvalue weighted by molar-refractivity contribution is 5.84. The third-order valence-electron chi connectivity index (χ3n) is 5.03. The molecule has 36 heavy (non-hydrogen) atoms. The van der Waals surface area contributed by atoms with E-state index in [4.69, 9.17) is 14.2 Å². The Bertz CT molecular complexity index is 1280. The number of anilines is 3. The first-order valence-electron chi connectivity index (χ1n) is 11.1. The van der Waals surface area contributed by atoms with Crippen molar-refractivity contribution in [3.8, 4) is 23.0 Å². The molecule has 0 unspecified atom stereocenters. The Labute approximate surface area is 209 Å². The maximum Gasteiger partial charge on any atom is 0.335 e. The van der Waals surface area contributed by atoms with Gasteiger partial charge in [-0.15, -0.1) is 0 Å². The second-order valence-corrected chi connectivity index (χ2v) is 7.48. The van der Waals surface area contributed by atoms with Crippen molar-refractivity contribution < 1.29 is 23.8 Å². The number of nitrogens with zero attached hydrogens (tertiary/aromatic N) is 1. The molecule has 0 aliphatic heterocycles. The van der Waals surface area contributed by atoms with Crippen LogP contribution >= 0.6 is 0 Å². The van der Waals surface area contributed by atoms with Gasteiger partial charge in [-0.05, 0) is 84.9 Å². The molecule has 0 N–H and O–H groups in total. The fourth-order valence-electron chi connectivity index (χ4n) is 3.38. The van der Waals surface area contributed by atoms with Gasteiger partial charge in [-0.1, -0.05) is 31.4 Å². The van der Waals surface area contributed by atoms with Gasteiger partial charge in [0.15, 0.2) is 0 Å². The van der Waals surface area contributed by atoms with Gasteiger partial charge in [-0.2, -0.15) is 0 Å². The molecule has 0 aliphatic carbocycles. The van der Waals surface area contributed by atoms with E-state index in [2.05, 4.69) is 13.2 Å². The number of rotatable bonds is 9. The van der Waals surface area contributed by atoms with Gasteiger partial charge < -0.3 is 19.1 Å². The summed E-state index contributed by atoms with van der Waals surface area (Å²) in [5, 5.41) is 0. The molecule has 0 aliphatic rings. The first kappa shape index (κ1) is 24.0. The van der Waals surface area contributed by atoms with Crippen LogP contribution in [0, 0.1) is 0 Å². The van der Waals surface area contributed by atoms with E-state index in [1.807, 2.05) is 83.8 Å². The van der Waals surface area contributed by atoms with Crippen molar-refractivity contribution in [1.82, 2.24) is 0 Å². The lowest BCUT2D eigenvalue weighted by Crippen LogP contribution is -2.10. The van der Waals surface area contributed by atoms with E-state index in [9.17, 15) is 9.59 Å². The zero-order chi connectivity index (χ0) is 25.3. The molecule has 0 saturated carbocycles. The van der Waals surface area contributed by atoms with E-state index in [-0.39, 0.29) is 0 Å². The summed E-state index contributed by atoms with van der Waals surface area (Å²) in [6.45, 7) is 6.83.